The molecule has 0 unspecified atom stereocenters. The van der Waals surface area contributed by atoms with Crippen molar-refractivity contribution in [2.75, 3.05) is 6.54 Å². The van der Waals surface area contributed by atoms with Crippen molar-refractivity contribution >= 4 is 5.69 Å². The molecule has 0 radical (unpaired) electrons. The minimum atomic E-state index is -0.654. The molecule has 0 aliphatic rings. The first-order valence-corrected chi connectivity index (χ1v) is 4.09. The first-order valence-electron chi connectivity index (χ1n) is 4.09. The molecular weight excluding hydrogens is 215 g/mol. The SMILES string of the molecule is [N-]=[N+]=NCC#Cc1cc([N+](=O)[O-])ccc1F. The molecule has 0 aromatic heterocycles. The van der Waals surface area contributed by atoms with Gasteiger partial charge >= 0.3 is 0 Å². The highest BCUT2D eigenvalue weighted by molar-refractivity contribution is 5.44. The number of hydrogen-bond donors (Lipinski definition) is 0. The molecule has 0 atom stereocenters. The van der Waals surface area contributed by atoms with Crippen molar-refractivity contribution in [2.24, 2.45) is 5.11 Å². The van der Waals surface area contributed by atoms with Crippen LogP contribution in [0.5, 0.6) is 0 Å². The highest BCUT2D eigenvalue weighted by Gasteiger charge is 2.08. The Bertz CT molecular complexity index is 526. The molecular formula is C9H5FN4O2. The van der Waals surface area contributed by atoms with Gasteiger partial charge in [0.15, 0.2) is 0 Å². The fourth-order valence-corrected chi connectivity index (χ4v) is 0.924. The van der Waals surface area contributed by atoms with Crippen LogP contribution in [-0.4, -0.2) is 11.5 Å². The van der Waals surface area contributed by atoms with Crippen molar-refractivity contribution in [3.63, 3.8) is 0 Å². The zero-order chi connectivity index (χ0) is 12.0. The van der Waals surface area contributed by atoms with Crippen molar-refractivity contribution in [2.45, 2.75) is 0 Å². The first-order chi connectivity index (χ1) is 7.65. The van der Waals surface area contributed by atoms with Crippen molar-refractivity contribution in [1.82, 2.24) is 0 Å². The van der Waals surface area contributed by atoms with E-state index in [2.05, 4.69) is 21.9 Å². The number of rotatable bonds is 2. The van der Waals surface area contributed by atoms with Gasteiger partial charge in [-0.25, -0.2) is 4.39 Å². The fraction of sp³-hybridized carbons (Fsp3) is 0.111. The average molecular weight is 220 g/mol. The van der Waals surface area contributed by atoms with Crippen LogP contribution in [-0.2, 0) is 0 Å². The Morgan fingerprint density at radius 3 is 3.00 bits per heavy atom. The first kappa shape index (κ1) is 11.5. The summed E-state index contributed by atoms with van der Waals surface area (Å²) < 4.78 is 13.1. The molecule has 0 spiro atoms. The molecule has 0 N–H and O–H groups in total. The van der Waals surface area contributed by atoms with Crippen LogP contribution in [0, 0.1) is 27.8 Å². The molecule has 1 rings (SSSR count). The molecule has 1 aromatic carbocycles. The number of benzene rings is 1. The van der Waals surface area contributed by atoms with Crippen molar-refractivity contribution < 1.29 is 9.31 Å². The molecule has 7 heteroatoms. The number of nitro groups is 1. The van der Waals surface area contributed by atoms with Crippen molar-refractivity contribution in [3.05, 3.63) is 50.1 Å². The van der Waals surface area contributed by atoms with E-state index in [-0.39, 0.29) is 17.8 Å². The lowest BCUT2D eigenvalue weighted by molar-refractivity contribution is -0.384. The van der Waals surface area contributed by atoms with Crippen LogP contribution in [0.25, 0.3) is 10.4 Å². The third-order valence-electron chi connectivity index (χ3n) is 1.60. The summed E-state index contributed by atoms with van der Waals surface area (Å²) in [6.07, 6.45) is 0. The average Bonchev–Trinajstić information content (AvgIpc) is 2.26. The largest absolute Gasteiger partial charge is 0.270 e. The van der Waals surface area contributed by atoms with Gasteiger partial charge in [0.05, 0.1) is 17.0 Å². The van der Waals surface area contributed by atoms with E-state index in [1.54, 1.807) is 0 Å². The maximum absolute atomic E-state index is 13.1. The van der Waals surface area contributed by atoms with Gasteiger partial charge in [-0.2, -0.15) is 0 Å². The normalized spacial score (nSPS) is 8.56. The van der Waals surface area contributed by atoms with E-state index in [0.29, 0.717) is 0 Å². The van der Waals surface area contributed by atoms with Crippen LogP contribution >= 0.6 is 0 Å². The Labute approximate surface area is 89.5 Å². The zero-order valence-electron chi connectivity index (χ0n) is 7.92. The maximum Gasteiger partial charge on any atom is 0.270 e. The molecule has 0 bridgehead atoms. The lowest BCUT2D eigenvalue weighted by atomic mass is 10.2. The van der Waals surface area contributed by atoms with Crippen LogP contribution in [0.1, 0.15) is 5.56 Å². The van der Waals surface area contributed by atoms with Gasteiger partial charge in [0.2, 0.25) is 0 Å². The van der Waals surface area contributed by atoms with Gasteiger partial charge in [-0.3, -0.25) is 10.1 Å². The second-order valence-electron chi connectivity index (χ2n) is 2.61. The molecule has 0 aliphatic heterocycles. The lowest BCUT2D eigenvalue weighted by Crippen LogP contribution is -1.91. The molecule has 80 valence electrons. The number of azide groups is 1. The summed E-state index contributed by atoms with van der Waals surface area (Å²) in [6.45, 7) is -0.112. The van der Waals surface area contributed by atoms with Gasteiger partial charge in [0.1, 0.15) is 5.82 Å². The van der Waals surface area contributed by atoms with Crippen molar-refractivity contribution in [3.8, 4) is 11.8 Å². The summed E-state index contributed by atoms with van der Waals surface area (Å²) in [5.41, 5.74) is 7.63. The third kappa shape index (κ3) is 2.97. The molecule has 0 amide bonds. The summed E-state index contributed by atoms with van der Waals surface area (Å²) in [5.74, 6) is 4.07. The van der Waals surface area contributed by atoms with Crippen LogP contribution in [0.2, 0.25) is 0 Å². The molecule has 6 nitrogen and oxygen atoms in total. The molecule has 0 fully saturated rings. The van der Waals surface area contributed by atoms with E-state index in [0.717, 1.165) is 18.2 Å². The highest BCUT2D eigenvalue weighted by Crippen LogP contribution is 2.15. The maximum atomic E-state index is 13.1. The number of nitrogens with zero attached hydrogens (tertiary/aromatic N) is 4. The minimum absolute atomic E-state index is 0.0951. The zero-order valence-corrected chi connectivity index (χ0v) is 7.92. The molecule has 0 heterocycles. The Balaban J connectivity index is 3.01. The monoisotopic (exact) mass is 220 g/mol. The molecule has 16 heavy (non-hydrogen) atoms. The van der Waals surface area contributed by atoms with Gasteiger partial charge in [0, 0.05) is 17.0 Å². The predicted octanol–water partition coefficient (Wildman–Crippen LogP) is 2.40. The predicted molar refractivity (Wildman–Crippen MR) is 53.9 cm³/mol. The van der Waals surface area contributed by atoms with E-state index < -0.39 is 10.7 Å². The van der Waals surface area contributed by atoms with E-state index in [9.17, 15) is 14.5 Å². The second kappa shape index (κ2) is 5.34. The number of non-ortho nitro benzene ring substituents is 1. The lowest BCUT2D eigenvalue weighted by Gasteiger charge is -1.94. The van der Waals surface area contributed by atoms with Gasteiger partial charge in [-0.05, 0) is 11.6 Å². The van der Waals surface area contributed by atoms with Crippen LogP contribution in [0.15, 0.2) is 23.3 Å². The Kier molecular flexibility index (Phi) is 3.83. The van der Waals surface area contributed by atoms with Gasteiger partial charge in [0.25, 0.3) is 5.69 Å². The Morgan fingerprint density at radius 2 is 2.38 bits per heavy atom. The van der Waals surface area contributed by atoms with E-state index in [1.165, 1.54) is 0 Å². The molecule has 1 aromatic rings. The summed E-state index contributed by atoms with van der Waals surface area (Å²) in [4.78, 5) is 12.2. The number of nitro benzene ring substituents is 1. The standard InChI is InChI=1S/C9H5FN4O2/c10-9-4-3-8(14(15)16)6-7(9)2-1-5-12-13-11/h3-4,6H,5H2. The molecule has 0 saturated carbocycles. The smallest absolute Gasteiger partial charge is 0.258 e. The fourth-order valence-electron chi connectivity index (χ4n) is 0.924. The van der Waals surface area contributed by atoms with Gasteiger partial charge < -0.3 is 0 Å². The topological polar surface area (TPSA) is 91.9 Å². The number of halogens is 1. The van der Waals surface area contributed by atoms with Gasteiger partial charge in [-0.1, -0.05) is 17.0 Å². The van der Waals surface area contributed by atoms with Crippen molar-refractivity contribution in [1.29, 1.82) is 0 Å². The highest BCUT2D eigenvalue weighted by atomic mass is 19.1. The second-order valence-corrected chi connectivity index (χ2v) is 2.61. The van der Waals surface area contributed by atoms with E-state index in [4.69, 9.17) is 5.53 Å². The molecule has 0 saturated heterocycles. The summed E-state index contributed by atoms with van der Waals surface area (Å²) in [7, 11) is 0. The summed E-state index contributed by atoms with van der Waals surface area (Å²) in [5, 5.41) is 13.5. The van der Waals surface area contributed by atoms with Crippen LogP contribution < -0.4 is 0 Å². The summed E-state index contributed by atoms with van der Waals surface area (Å²) in [6, 6.07) is 3.04. The van der Waals surface area contributed by atoms with Crippen LogP contribution in [0.4, 0.5) is 10.1 Å². The molecule has 0 aliphatic carbocycles. The third-order valence-corrected chi connectivity index (χ3v) is 1.60. The van der Waals surface area contributed by atoms with E-state index in [1.807, 2.05) is 0 Å². The minimum Gasteiger partial charge on any atom is -0.258 e. The summed E-state index contributed by atoms with van der Waals surface area (Å²) >= 11 is 0. The van der Waals surface area contributed by atoms with Crippen LogP contribution in [0.3, 0.4) is 0 Å². The quantitative estimate of drug-likeness (QED) is 0.191. The van der Waals surface area contributed by atoms with Gasteiger partial charge in [-0.15, -0.1) is 0 Å². The Morgan fingerprint density at radius 1 is 1.62 bits per heavy atom. The van der Waals surface area contributed by atoms with E-state index >= 15 is 0 Å². The number of hydrogen-bond acceptors (Lipinski definition) is 3. The Hall–Kier alpha value is -2.58.